The molecule has 0 unspecified atom stereocenters. The van der Waals surface area contributed by atoms with Gasteiger partial charge in [0.1, 0.15) is 0 Å². The molecule has 0 amide bonds. The van der Waals surface area contributed by atoms with E-state index in [0.717, 1.165) is 6.54 Å². The third-order valence-electron chi connectivity index (χ3n) is 0.632. The monoisotopic (exact) mass is 369 g/mol. The predicted octanol–water partition coefficient (Wildman–Crippen LogP) is 2.55. The van der Waals surface area contributed by atoms with Gasteiger partial charge in [-0.15, -0.1) is 0 Å². The van der Waals surface area contributed by atoms with Crippen molar-refractivity contribution in [1.29, 1.82) is 0 Å². The Morgan fingerprint density at radius 3 is 1.09 bits per heavy atom. The second-order valence-corrected chi connectivity index (χ2v) is 1.40. The number of rotatable bonds is 1. The minimum absolute atomic E-state index is 0. The first-order valence-electron chi connectivity index (χ1n) is 1.92. The first kappa shape index (κ1) is 56.4. The van der Waals surface area contributed by atoms with Gasteiger partial charge in [0.25, 0.3) is 0 Å². The summed E-state index contributed by atoms with van der Waals surface area (Å²) in [5, 5.41) is 0. The topological polar surface area (TPSA) is 3.24 Å². The molecule has 0 bridgehead atoms. The molecule has 0 heterocycles. The van der Waals surface area contributed by atoms with Gasteiger partial charge in [-0.05, 0) is 20.6 Å². The van der Waals surface area contributed by atoms with Crippen LogP contribution in [0, 0.1) is 22.3 Å². The molecule has 0 rings (SSSR count). The average Bonchev–Trinajstić information content (AvgIpc) is 1.38. The fourth-order valence-corrected chi connectivity index (χ4v) is 0. The summed E-state index contributed by atoms with van der Waals surface area (Å²) >= 11 is 0. The van der Waals surface area contributed by atoms with Crippen LogP contribution in [-0.4, -0.2) is 25.5 Å². The Hall–Kier alpha value is 1.23. The van der Waals surface area contributed by atoms with Gasteiger partial charge in [-0.1, -0.05) is 14.4 Å². The van der Waals surface area contributed by atoms with E-state index >= 15 is 0 Å². The van der Waals surface area contributed by atoms with Crippen LogP contribution >= 0.6 is 0 Å². The van der Waals surface area contributed by atoms with Crippen LogP contribution in [0.5, 0.6) is 0 Å². The normalized spacial score (nSPS) is 4.36. The van der Waals surface area contributed by atoms with Gasteiger partial charge in [0.2, 0.25) is 0 Å². The number of hydrogen-bond donors (Lipinski definition) is 0. The number of nitrogens with zero attached hydrogens (tertiary/aromatic N) is 1. The molecule has 0 fully saturated rings. The first-order valence-corrected chi connectivity index (χ1v) is 1.92. The Morgan fingerprint density at radius 2 is 1.09 bits per heavy atom. The smallest absolute Gasteiger partial charge is 0.358 e. The molecule has 0 aliphatic rings. The summed E-state index contributed by atoms with van der Waals surface area (Å²) in [6.45, 7) is 3.26. The SMILES string of the molecule is C.CCN(C)C.[CH3-].[CH3-].[CH3-].[V+2].[W]. The summed E-state index contributed by atoms with van der Waals surface area (Å²) < 4.78 is 0. The van der Waals surface area contributed by atoms with Crippen molar-refractivity contribution >= 4 is 0 Å². The molecule has 0 aromatic heterocycles. The van der Waals surface area contributed by atoms with Crippen molar-refractivity contribution in [2.75, 3.05) is 20.6 Å². The van der Waals surface area contributed by atoms with Gasteiger partial charge in [-0.2, -0.15) is 0 Å². The molecule has 0 aliphatic carbocycles. The zero-order valence-corrected chi connectivity index (χ0v) is 12.3. The largest absolute Gasteiger partial charge is 2.00 e. The summed E-state index contributed by atoms with van der Waals surface area (Å²) in [7, 11) is 4.11. The summed E-state index contributed by atoms with van der Waals surface area (Å²) in [5.41, 5.74) is 0. The third-order valence-corrected chi connectivity index (χ3v) is 0.632. The minimum Gasteiger partial charge on any atom is -0.358 e. The van der Waals surface area contributed by atoms with Gasteiger partial charge in [0, 0.05) is 21.1 Å². The van der Waals surface area contributed by atoms with Gasteiger partial charge < -0.3 is 27.2 Å². The van der Waals surface area contributed by atoms with Crippen LogP contribution in [0.2, 0.25) is 0 Å². The van der Waals surface area contributed by atoms with Crippen LogP contribution in [0.4, 0.5) is 0 Å². The molecule has 0 spiro atoms. The van der Waals surface area contributed by atoms with E-state index in [9.17, 15) is 0 Å². The van der Waals surface area contributed by atoms with E-state index in [4.69, 9.17) is 0 Å². The first-order chi connectivity index (χ1) is 2.27. The Morgan fingerprint density at radius 1 is 1.00 bits per heavy atom. The van der Waals surface area contributed by atoms with Crippen molar-refractivity contribution in [3.8, 4) is 0 Å². The van der Waals surface area contributed by atoms with Gasteiger partial charge in [0.05, 0.1) is 0 Å². The van der Waals surface area contributed by atoms with Crippen LogP contribution in [0.25, 0.3) is 0 Å². The Labute approximate surface area is 101 Å². The molecular formula is C8H24NVW-. The van der Waals surface area contributed by atoms with E-state index in [1.807, 2.05) is 0 Å². The molecular weight excluding hydrogens is 345 g/mol. The molecule has 0 saturated carbocycles. The minimum atomic E-state index is 0. The fourth-order valence-electron chi connectivity index (χ4n) is 0. The molecule has 1 nitrogen and oxygen atoms in total. The molecule has 0 aromatic rings. The van der Waals surface area contributed by atoms with Crippen LogP contribution in [0.3, 0.4) is 0 Å². The molecule has 1 radical (unpaired) electrons. The molecule has 0 N–H and O–H groups in total. The zero-order valence-electron chi connectivity index (χ0n) is 8.01. The van der Waals surface area contributed by atoms with E-state index < -0.39 is 0 Å². The summed E-state index contributed by atoms with van der Waals surface area (Å²) in [4.78, 5) is 2.12. The quantitative estimate of drug-likeness (QED) is 0.643. The van der Waals surface area contributed by atoms with Crippen molar-refractivity contribution in [1.82, 2.24) is 4.90 Å². The van der Waals surface area contributed by atoms with Crippen LogP contribution < -0.4 is 0 Å². The van der Waals surface area contributed by atoms with E-state index in [2.05, 4.69) is 25.9 Å². The van der Waals surface area contributed by atoms with Crippen LogP contribution in [0.1, 0.15) is 14.4 Å². The fraction of sp³-hybridized carbons (Fsp3) is 0.625. The maximum Gasteiger partial charge on any atom is 2.00 e. The Balaban J connectivity index is -0.00000000533. The number of hydrogen-bond acceptors (Lipinski definition) is 1. The van der Waals surface area contributed by atoms with Crippen molar-refractivity contribution in [3.05, 3.63) is 22.3 Å². The van der Waals surface area contributed by atoms with Crippen molar-refractivity contribution in [3.63, 3.8) is 0 Å². The average molecular weight is 369 g/mol. The molecule has 0 aliphatic heterocycles. The van der Waals surface area contributed by atoms with Gasteiger partial charge in [-0.3, -0.25) is 0 Å². The maximum atomic E-state index is 2.12. The summed E-state index contributed by atoms with van der Waals surface area (Å²) in [5.74, 6) is 0. The molecule has 0 atom stereocenters. The zero-order chi connectivity index (χ0) is 4.28. The molecule has 73 valence electrons. The van der Waals surface area contributed by atoms with Crippen molar-refractivity contribution in [2.45, 2.75) is 14.4 Å². The third kappa shape index (κ3) is 91.6. The molecule has 11 heavy (non-hydrogen) atoms. The van der Waals surface area contributed by atoms with E-state index in [0.29, 0.717) is 0 Å². The van der Waals surface area contributed by atoms with Crippen molar-refractivity contribution in [2.24, 2.45) is 0 Å². The predicted molar refractivity (Wildman–Crippen MR) is 50.2 cm³/mol. The van der Waals surface area contributed by atoms with Gasteiger partial charge in [0.15, 0.2) is 0 Å². The van der Waals surface area contributed by atoms with Crippen LogP contribution in [-0.2, 0) is 39.6 Å². The standard InChI is InChI=1S/C4H11N.CH4.3CH3.V.W/c1-4-5(2)3;;;;;;/h4H2,1-3H3;1H4;3*1H3;;/q;;3*-1;+2;. The Bertz CT molecular complexity index is 28.1. The molecule has 3 heteroatoms. The Kier molecular flexibility index (Phi) is 220. The van der Waals surface area contributed by atoms with Crippen LogP contribution in [0.15, 0.2) is 0 Å². The van der Waals surface area contributed by atoms with E-state index in [1.54, 1.807) is 0 Å². The van der Waals surface area contributed by atoms with Crippen molar-refractivity contribution < 1.29 is 39.6 Å². The maximum absolute atomic E-state index is 2.12. The second-order valence-electron chi connectivity index (χ2n) is 1.40. The summed E-state index contributed by atoms with van der Waals surface area (Å²) in [6.07, 6.45) is 0. The summed E-state index contributed by atoms with van der Waals surface area (Å²) in [6, 6.07) is 0. The second kappa shape index (κ2) is 43.0. The van der Waals surface area contributed by atoms with Gasteiger partial charge >= 0.3 is 18.6 Å². The van der Waals surface area contributed by atoms with Gasteiger partial charge in [-0.25, -0.2) is 0 Å². The van der Waals surface area contributed by atoms with E-state index in [1.165, 1.54) is 0 Å². The molecule has 0 saturated heterocycles. The molecule has 0 aromatic carbocycles. The van der Waals surface area contributed by atoms with E-state index in [-0.39, 0.29) is 69.3 Å².